The van der Waals surface area contributed by atoms with E-state index in [0.29, 0.717) is 13.0 Å². The third-order valence-electron chi connectivity index (χ3n) is 5.01. The van der Waals surface area contributed by atoms with Crippen LogP contribution >= 0.6 is 11.8 Å². The minimum atomic E-state index is -2.94. The molecule has 158 valence electrons. The summed E-state index contributed by atoms with van der Waals surface area (Å²) in [6, 6.07) is 15.1. The van der Waals surface area contributed by atoms with Gasteiger partial charge in [0.2, 0.25) is 5.91 Å². The smallest absolute Gasteiger partial charge is 0.224 e. The molecule has 30 heavy (non-hydrogen) atoms. The highest BCUT2D eigenvalue weighted by Gasteiger charge is 2.42. The number of hydrogen-bond donors (Lipinski definition) is 2. The fourth-order valence-electron chi connectivity index (χ4n) is 3.48. The van der Waals surface area contributed by atoms with E-state index in [1.54, 1.807) is 7.11 Å². The average molecular weight is 446 g/mol. The lowest BCUT2D eigenvalue weighted by Crippen LogP contribution is -2.24. The largest absolute Gasteiger partial charge is 0.497 e. The molecule has 2 heterocycles. The minimum absolute atomic E-state index is 0.0186. The van der Waals surface area contributed by atoms with Crippen LogP contribution in [0.3, 0.4) is 0 Å². The normalized spacial score (nSPS) is 21.6. The van der Waals surface area contributed by atoms with Crippen LogP contribution in [0.1, 0.15) is 11.1 Å². The Kier molecular flexibility index (Phi) is 6.01. The molecule has 0 aliphatic carbocycles. The second-order valence-corrected chi connectivity index (χ2v) is 10.7. The number of anilines is 1. The summed E-state index contributed by atoms with van der Waals surface area (Å²) in [6.45, 7) is 0.449. The number of benzene rings is 2. The van der Waals surface area contributed by atoms with Gasteiger partial charge in [0.1, 0.15) is 5.75 Å². The molecule has 0 unspecified atom stereocenters. The number of amidine groups is 1. The standard InChI is InChI=1S/C21H23N3O4S2/c1-28-17-4-2-3-15(9-17)11-22-20(25)10-14-5-7-16(8-6-14)23-21-24-18-12-30(26,27)13-19(18)29-21/h2-9,18-19H,10-13H2,1H3,(H,22,25)(H,23,24)/t18-,19-/m1/s1. The first-order valence-electron chi connectivity index (χ1n) is 9.61. The monoisotopic (exact) mass is 445 g/mol. The maximum atomic E-state index is 12.2. The summed E-state index contributed by atoms with van der Waals surface area (Å²) in [6.07, 6.45) is 0.294. The summed E-state index contributed by atoms with van der Waals surface area (Å²) in [5.41, 5.74) is 2.76. The number of methoxy groups -OCH3 is 1. The average Bonchev–Trinajstić information content (AvgIpc) is 3.20. The number of sulfone groups is 1. The Morgan fingerprint density at radius 3 is 2.70 bits per heavy atom. The van der Waals surface area contributed by atoms with E-state index in [2.05, 4.69) is 15.6 Å². The second-order valence-electron chi connectivity index (χ2n) is 7.36. The maximum absolute atomic E-state index is 12.2. The molecule has 1 saturated heterocycles. The second kappa shape index (κ2) is 8.69. The number of fused-ring (bicyclic) bond motifs is 1. The van der Waals surface area contributed by atoms with Crippen LogP contribution in [0.2, 0.25) is 0 Å². The van der Waals surface area contributed by atoms with Gasteiger partial charge >= 0.3 is 0 Å². The van der Waals surface area contributed by atoms with E-state index in [-0.39, 0.29) is 28.7 Å². The molecule has 0 radical (unpaired) electrons. The Balaban J connectivity index is 1.27. The molecule has 4 rings (SSSR count). The number of hydrogen-bond acceptors (Lipinski definition) is 7. The van der Waals surface area contributed by atoms with E-state index in [9.17, 15) is 13.2 Å². The molecule has 0 spiro atoms. The van der Waals surface area contributed by atoms with Gasteiger partial charge in [-0.25, -0.2) is 8.42 Å². The van der Waals surface area contributed by atoms with Crippen LogP contribution in [-0.2, 0) is 27.6 Å². The maximum Gasteiger partial charge on any atom is 0.224 e. The van der Waals surface area contributed by atoms with E-state index >= 15 is 0 Å². The van der Waals surface area contributed by atoms with Crippen molar-refractivity contribution >= 4 is 38.4 Å². The van der Waals surface area contributed by atoms with E-state index in [4.69, 9.17) is 4.74 Å². The quantitative estimate of drug-likeness (QED) is 0.708. The van der Waals surface area contributed by atoms with Crippen molar-refractivity contribution in [2.24, 2.45) is 4.99 Å². The lowest BCUT2D eigenvalue weighted by Gasteiger charge is -2.09. The number of amides is 1. The first-order chi connectivity index (χ1) is 14.4. The van der Waals surface area contributed by atoms with Crippen LogP contribution in [0.4, 0.5) is 5.69 Å². The van der Waals surface area contributed by atoms with Crippen molar-refractivity contribution in [2.75, 3.05) is 23.9 Å². The van der Waals surface area contributed by atoms with Gasteiger partial charge in [0, 0.05) is 17.5 Å². The molecule has 0 bridgehead atoms. The number of thioether (sulfide) groups is 1. The van der Waals surface area contributed by atoms with Crippen LogP contribution in [-0.4, -0.2) is 49.4 Å². The van der Waals surface area contributed by atoms with Gasteiger partial charge in [0.05, 0.1) is 31.1 Å². The van der Waals surface area contributed by atoms with Crippen LogP contribution in [0.15, 0.2) is 53.5 Å². The first kappa shape index (κ1) is 20.7. The Morgan fingerprint density at radius 1 is 1.17 bits per heavy atom. The van der Waals surface area contributed by atoms with Gasteiger partial charge in [-0.1, -0.05) is 36.0 Å². The minimum Gasteiger partial charge on any atom is -0.497 e. The van der Waals surface area contributed by atoms with Crippen molar-refractivity contribution in [1.29, 1.82) is 0 Å². The lowest BCUT2D eigenvalue weighted by molar-refractivity contribution is -0.120. The summed E-state index contributed by atoms with van der Waals surface area (Å²) in [7, 11) is -1.33. The summed E-state index contributed by atoms with van der Waals surface area (Å²) >= 11 is 1.49. The first-order valence-corrected chi connectivity index (χ1v) is 12.3. The predicted molar refractivity (Wildman–Crippen MR) is 120 cm³/mol. The Bertz CT molecular complexity index is 1070. The topological polar surface area (TPSA) is 96.9 Å². The van der Waals surface area contributed by atoms with Crippen molar-refractivity contribution in [2.45, 2.75) is 24.3 Å². The van der Waals surface area contributed by atoms with Crippen molar-refractivity contribution in [3.8, 4) is 5.75 Å². The van der Waals surface area contributed by atoms with Crippen molar-refractivity contribution in [3.05, 3.63) is 59.7 Å². The molecule has 0 saturated carbocycles. The zero-order valence-electron chi connectivity index (χ0n) is 16.5. The number of nitrogens with one attached hydrogen (secondary N) is 2. The molecule has 7 nitrogen and oxygen atoms in total. The number of aliphatic imine (C=N–C) groups is 1. The van der Waals surface area contributed by atoms with Crippen molar-refractivity contribution in [3.63, 3.8) is 0 Å². The summed E-state index contributed by atoms with van der Waals surface area (Å²) in [4.78, 5) is 16.7. The van der Waals surface area contributed by atoms with Crippen molar-refractivity contribution < 1.29 is 17.9 Å². The Morgan fingerprint density at radius 2 is 1.97 bits per heavy atom. The molecule has 2 atom stereocenters. The van der Waals surface area contributed by atoms with Crippen LogP contribution in [0.5, 0.6) is 5.75 Å². The number of rotatable bonds is 6. The highest BCUT2D eigenvalue weighted by Crippen LogP contribution is 2.34. The fourth-order valence-corrected chi connectivity index (χ4v) is 7.15. The van der Waals surface area contributed by atoms with Gasteiger partial charge in [-0.2, -0.15) is 0 Å². The van der Waals surface area contributed by atoms with Crippen molar-refractivity contribution in [1.82, 2.24) is 5.32 Å². The van der Waals surface area contributed by atoms with E-state index < -0.39 is 9.84 Å². The molecule has 2 aliphatic rings. The zero-order valence-corrected chi connectivity index (χ0v) is 18.1. The van der Waals surface area contributed by atoms with Gasteiger partial charge in [-0.15, -0.1) is 0 Å². The number of carbonyl (C=O) groups excluding carboxylic acids is 1. The van der Waals surface area contributed by atoms with Crippen LogP contribution in [0, 0.1) is 0 Å². The van der Waals surface area contributed by atoms with Crippen LogP contribution in [0.25, 0.3) is 0 Å². The van der Waals surface area contributed by atoms with Gasteiger partial charge in [0.15, 0.2) is 15.0 Å². The molecule has 0 aromatic heterocycles. The predicted octanol–water partition coefficient (Wildman–Crippen LogP) is 2.23. The highest BCUT2D eigenvalue weighted by atomic mass is 32.2. The summed E-state index contributed by atoms with van der Waals surface area (Å²) in [5.74, 6) is 1.05. The van der Waals surface area contributed by atoms with E-state index in [1.807, 2.05) is 48.5 Å². The van der Waals surface area contributed by atoms with Gasteiger partial charge in [-0.3, -0.25) is 9.79 Å². The van der Waals surface area contributed by atoms with Gasteiger partial charge in [-0.05, 0) is 35.4 Å². The molecule has 9 heteroatoms. The van der Waals surface area contributed by atoms with E-state index in [0.717, 1.165) is 27.7 Å². The third-order valence-corrected chi connectivity index (χ3v) is 8.15. The summed E-state index contributed by atoms with van der Waals surface area (Å²) in [5, 5.41) is 6.93. The molecule has 2 aromatic rings. The number of ether oxygens (including phenoxy) is 1. The molecule has 1 fully saturated rings. The van der Waals surface area contributed by atoms with Gasteiger partial charge in [0.25, 0.3) is 0 Å². The molecule has 2 aliphatic heterocycles. The number of nitrogens with zero attached hydrogens (tertiary/aromatic N) is 1. The molecular formula is C21H23N3O4S2. The lowest BCUT2D eigenvalue weighted by atomic mass is 10.1. The SMILES string of the molecule is COc1cccc(CNC(=O)Cc2ccc(NC3=N[C@@H]4CS(=O)(=O)C[C@H]4S3)cc2)c1. The third kappa shape index (κ3) is 5.14. The molecule has 2 aromatic carbocycles. The Hall–Kier alpha value is -2.52. The zero-order chi connectivity index (χ0) is 21.1. The highest BCUT2D eigenvalue weighted by molar-refractivity contribution is 8.15. The van der Waals surface area contributed by atoms with Gasteiger partial charge < -0.3 is 15.4 Å². The summed E-state index contributed by atoms with van der Waals surface area (Å²) < 4.78 is 28.5. The van der Waals surface area contributed by atoms with E-state index in [1.165, 1.54) is 11.8 Å². The molecular weight excluding hydrogens is 422 g/mol. The van der Waals surface area contributed by atoms with Crippen LogP contribution < -0.4 is 15.4 Å². The number of carbonyl (C=O) groups is 1. The molecule has 1 amide bonds. The fraction of sp³-hybridized carbons (Fsp3) is 0.333. The Labute approximate surface area is 180 Å². The molecule has 2 N–H and O–H groups in total.